The number of piperidine rings is 1. The zero-order chi connectivity index (χ0) is 20.1. The molecular weight excluding hydrogens is 371 g/mol. The lowest BCUT2D eigenvalue weighted by molar-refractivity contribution is 0.199. The second-order valence-corrected chi connectivity index (χ2v) is 7.53. The van der Waals surface area contributed by atoms with Crippen molar-refractivity contribution in [1.82, 2.24) is 10.1 Å². The number of halogens is 1. The number of rotatable bonds is 8. The van der Waals surface area contributed by atoms with Gasteiger partial charge in [0.05, 0.1) is 19.4 Å². The van der Waals surface area contributed by atoms with Crippen molar-refractivity contribution in [3.8, 4) is 11.5 Å². The van der Waals surface area contributed by atoms with Crippen LogP contribution in [0.2, 0.25) is 0 Å². The van der Waals surface area contributed by atoms with Gasteiger partial charge in [0, 0.05) is 17.4 Å². The van der Waals surface area contributed by atoms with Crippen LogP contribution >= 0.6 is 0 Å². The lowest BCUT2D eigenvalue weighted by atomic mass is 9.91. The molecule has 29 heavy (non-hydrogen) atoms. The molecule has 1 saturated heterocycles. The maximum atomic E-state index is 13.3. The number of para-hydroxylation sites is 2. The summed E-state index contributed by atoms with van der Waals surface area (Å²) in [5.74, 6) is 1.67. The highest BCUT2D eigenvalue weighted by Crippen LogP contribution is 2.33. The molecule has 1 fully saturated rings. The van der Waals surface area contributed by atoms with Gasteiger partial charge in [-0.1, -0.05) is 17.3 Å². The lowest BCUT2D eigenvalue weighted by Gasteiger charge is -2.31. The molecule has 1 aliphatic rings. The van der Waals surface area contributed by atoms with Gasteiger partial charge in [-0.25, -0.2) is 4.39 Å². The van der Waals surface area contributed by atoms with Crippen molar-refractivity contribution in [2.75, 3.05) is 33.4 Å². The smallest absolute Gasteiger partial charge is 0.170 e. The van der Waals surface area contributed by atoms with Gasteiger partial charge in [-0.05, 0) is 69.6 Å². The van der Waals surface area contributed by atoms with Crippen molar-refractivity contribution >= 4 is 11.0 Å². The molecule has 5 nitrogen and oxygen atoms in total. The summed E-state index contributed by atoms with van der Waals surface area (Å²) in [7, 11) is 1.66. The largest absolute Gasteiger partial charge is 0.493 e. The van der Waals surface area contributed by atoms with E-state index in [1.54, 1.807) is 13.2 Å². The normalized spacial score (nSPS) is 15.7. The van der Waals surface area contributed by atoms with Gasteiger partial charge >= 0.3 is 0 Å². The molecule has 154 valence electrons. The number of benzene rings is 2. The second kappa shape index (κ2) is 9.27. The molecule has 2 aromatic carbocycles. The first-order valence-corrected chi connectivity index (χ1v) is 10.3. The van der Waals surface area contributed by atoms with Crippen LogP contribution < -0.4 is 9.47 Å². The maximum absolute atomic E-state index is 13.3. The first-order valence-electron chi connectivity index (χ1n) is 10.3. The van der Waals surface area contributed by atoms with Crippen LogP contribution in [0.3, 0.4) is 0 Å². The van der Waals surface area contributed by atoms with Gasteiger partial charge in [-0.15, -0.1) is 0 Å². The monoisotopic (exact) mass is 398 g/mol. The molecule has 0 saturated carbocycles. The molecule has 6 heteroatoms. The van der Waals surface area contributed by atoms with E-state index in [-0.39, 0.29) is 5.82 Å². The van der Waals surface area contributed by atoms with Crippen LogP contribution in [0.15, 0.2) is 47.0 Å². The minimum atomic E-state index is -0.287. The Morgan fingerprint density at radius 3 is 2.69 bits per heavy atom. The van der Waals surface area contributed by atoms with E-state index < -0.39 is 0 Å². The standard InChI is InChI=1S/C23H27FN2O3/c1-27-20-6-2-3-7-21(20)28-15-5-4-12-26-13-10-17(11-14-26)23-19-9-8-18(24)16-22(19)29-25-23/h2-3,6-9,16-17H,4-5,10-15H2,1H3. The van der Waals surface area contributed by atoms with Gasteiger partial charge in [0.2, 0.25) is 0 Å². The third-order valence-electron chi connectivity index (χ3n) is 5.63. The van der Waals surface area contributed by atoms with Crippen molar-refractivity contribution in [2.24, 2.45) is 0 Å². The highest BCUT2D eigenvalue weighted by Gasteiger charge is 2.24. The fraction of sp³-hybridized carbons (Fsp3) is 0.435. The lowest BCUT2D eigenvalue weighted by Crippen LogP contribution is -2.34. The number of ether oxygens (including phenoxy) is 2. The predicted molar refractivity (Wildman–Crippen MR) is 110 cm³/mol. The van der Waals surface area contributed by atoms with E-state index in [9.17, 15) is 4.39 Å². The topological polar surface area (TPSA) is 47.7 Å². The van der Waals surface area contributed by atoms with Crippen LogP contribution in [0.4, 0.5) is 4.39 Å². The van der Waals surface area contributed by atoms with E-state index in [0.717, 1.165) is 67.9 Å². The molecule has 0 aliphatic carbocycles. The SMILES string of the molecule is COc1ccccc1OCCCCN1CCC(c2noc3cc(F)ccc23)CC1. The van der Waals surface area contributed by atoms with Crippen molar-refractivity contribution < 1.29 is 18.4 Å². The summed E-state index contributed by atoms with van der Waals surface area (Å²) in [5, 5.41) is 5.17. The molecule has 1 aromatic heterocycles. The number of unbranched alkanes of at least 4 members (excludes halogenated alkanes) is 1. The molecule has 3 aromatic rings. The summed E-state index contributed by atoms with van der Waals surface area (Å²) < 4.78 is 29.8. The van der Waals surface area contributed by atoms with Crippen LogP contribution in [0, 0.1) is 5.82 Å². The minimum Gasteiger partial charge on any atom is -0.493 e. The number of hydrogen-bond donors (Lipinski definition) is 0. The Labute approximate surface area is 170 Å². The molecule has 4 rings (SSSR count). The van der Waals surface area contributed by atoms with E-state index >= 15 is 0 Å². The highest BCUT2D eigenvalue weighted by atomic mass is 19.1. The van der Waals surface area contributed by atoms with Crippen LogP contribution in [-0.4, -0.2) is 43.4 Å². The third kappa shape index (κ3) is 4.70. The van der Waals surface area contributed by atoms with E-state index in [1.165, 1.54) is 12.1 Å². The molecule has 1 aliphatic heterocycles. The number of methoxy groups -OCH3 is 1. The number of likely N-dealkylation sites (tertiary alicyclic amines) is 1. The molecule has 0 radical (unpaired) electrons. The second-order valence-electron chi connectivity index (χ2n) is 7.53. The summed E-state index contributed by atoms with van der Waals surface area (Å²) >= 11 is 0. The Hall–Kier alpha value is -2.60. The number of hydrogen-bond acceptors (Lipinski definition) is 5. The molecule has 0 spiro atoms. The van der Waals surface area contributed by atoms with E-state index in [0.29, 0.717) is 18.1 Å². The summed E-state index contributed by atoms with van der Waals surface area (Å²) in [6.45, 7) is 3.87. The average molecular weight is 398 g/mol. The van der Waals surface area contributed by atoms with Crippen molar-refractivity contribution in [3.63, 3.8) is 0 Å². The Morgan fingerprint density at radius 1 is 1.10 bits per heavy atom. The number of aromatic nitrogens is 1. The fourth-order valence-corrected chi connectivity index (χ4v) is 4.01. The molecule has 0 amide bonds. The summed E-state index contributed by atoms with van der Waals surface area (Å²) in [4.78, 5) is 2.50. The fourth-order valence-electron chi connectivity index (χ4n) is 4.01. The maximum Gasteiger partial charge on any atom is 0.170 e. The molecule has 0 unspecified atom stereocenters. The van der Waals surface area contributed by atoms with Gasteiger partial charge in [-0.3, -0.25) is 0 Å². The van der Waals surface area contributed by atoms with Gasteiger partial charge in [0.15, 0.2) is 17.1 Å². The quantitative estimate of drug-likeness (QED) is 0.499. The van der Waals surface area contributed by atoms with Crippen LogP contribution in [0.25, 0.3) is 11.0 Å². The van der Waals surface area contributed by atoms with E-state index in [2.05, 4.69) is 10.1 Å². The van der Waals surface area contributed by atoms with Gasteiger partial charge in [0.1, 0.15) is 5.82 Å². The molecule has 2 heterocycles. The average Bonchev–Trinajstić information content (AvgIpc) is 3.17. The number of fused-ring (bicyclic) bond motifs is 1. The zero-order valence-corrected chi connectivity index (χ0v) is 16.8. The summed E-state index contributed by atoms with van der Waals surface area (Å²) in [6.07, 6.45) is 4.22. The Balaban J connectivity index is 1.19. The van der Waals surface area contributed by atoms with Crippen LogP contribution in [0.5, 0.6) is 11.5 Å². The zero-order valence-electron chi connectivity index (χ0n) is 16.8. The summed E-state index contributed by atoms with van der Waals surface area (Å²) in [6, 6.07) is 12.4. The predicted octanol–water partition coefficient (Wildman–Crippen LogP) is 5.01. The third-order valence-corrected chi connectivity index (χ3v) is 5.63. The highest BCUT2D eigenvalue weighted by molar-refractivity contribution is 5.79. The van der Waals surface area contributed by atoms with Gasteiger partial charge < -0.3 is 18.9 Å². The van der Waals surface area contributed by atoms with Gasteiger partial charge in [0.25, 0.3) is 0 Å². The molecule has 0 N–H and O–H groups in total. The van der Waals surface area contributed by atoms with Crippen LogP contribution in [-0.2, 0) is 0 Å². The number of nitrogens with zero attached hydrogens (tertiary/aromatic N) is 2. The molecule has 0 bridgehead atoms. The Bertz CT molecular complexity index is 935. The van der Waals surface area contributed by atoms with Crippen molar-refractivity contribution in [2.45, 2.75) is 31.6 Å². The Morgan fingerprint density at radius 2 is 1.90 bits per heavy atom. The Kier molecular flexibility index (Phi) is 6.30. The van der Waals surface area contributed by atoms with E-state index in [4.69, 9.17) is 14.0 Å². The first-order chi connectivity index (χ1) is 14.2. The molecule has 0 atom stereocenters. The summed E-state index contributed by atoms with van der Waals surface area (Å²) in [5.41, 5.74) is 1.52. The van der Waals surface area contributed by atoms with E-state index in [1.807, 2.05) is 24.3 Å². The van der Waals surface area contributed by atoms with Gasteiger partial charge in [-0.2, -0.15) is 0 Å². The van der Waals surface area contributed by atoms with Crippen molar-refractivity contribution in [1.29, 1.82) is 0 Å². The first kappa shape index (κ1) is 19.7. The van der Waals surface area contributed by atoms with Crippen LogP contribution in [0.1, 0.15) is 37.3 Å². The van der Waals surface area contributed by atoms with Crippen molar-refractivity contribution in [3.05, 3.63) is 54.0 Å². The molecular formula is C23H27FN2O3. The minimum absolute atomic E-state index is 0.287.